The Balaban J connectivity index is 2.61. The van der Waals surface area contributed by atoms with Crippen LogP contribution in [0.25, 0.3) is 0 Å². The Hall–Kier alpha value is -0.570. The maximum absolute atomic E-state index is 12.1. The molecule has 0 aromatic heterocycles. The van der Waals surface area contributed by atoms with Crippen LogP contribution in [0.4, 0.5) is 0 Å². The van der Waals surface area contributed by atoms with Gasteiger partial charge in [0.2, 0.25) is 0 Å². The molecule has 0 radical (unpaired) electrons. The standard InChI is InChI=1S/C14H27NO2/c1-6-13(2,3)12(16)17-14(4,5)11-7-9-15-10-8-11/h11,15H,6-10H2,1-5H3. The van der Waals surface area contributed by atoms with Crippen LogP contribution in [0.15, 0.2) is 0 Å². The fourth-order valence-electron chi connectivity index (χ4n) is 2.12. The van der Waals surface area contributed by atoms with E-state index in [9.17, 15) is 4.79 Å². The molecule has 0 spiro atoms. The van der Waals surface area contributed by atoms with Crippen LogP contribution in [0, 0.1) is 11.3 Å². The van der Waals surface area contributed by atoms with Crippen LogP contribution in [0.5, 0.6) is 0 Å². The zero-order valence-electron chi connectivity index (χ0n) is 11.9. The highest BCUT2D eigenvalue weighted by atomic mass is 16.6. The molecule has 0 bridgehead atoms. The summed E-state index contributed by atoms with van der Waals surface area (Å²) >= 11 is 0. The van der Waals surface area contributed by atoms with Crippen LogP contribution in [-0.4, -0.2) is 24.7 Å². The van der Waals surface area contributed by atoms with E-state index < -0.39 is 0 Å². The number of piperidine rings is 1. The predicted octanol–water partition coefficient (Wildman–Crippen LogP) is 2.74. The third-order valence-electron chi connectivity index (χ3n) is 4.11. The normalized spacial score (nSPS) is 19.1. The van der Waals surface area contributed by atoms with Gasteiger partial charge in [0.25, 0.3) is 0 Å². The molecule has 100 valence electrons. The van der Waals surface area contributed by atoms with E-state index in [-0.39, 0.29) is 17.0 Å². The first-order valence-electron chi connectivity index (χ1n) is 6.74. The van der Waals surface area contributed by atoms with Crippen molar-refractivity contribution < 1.29 is 9.53 Å². The van der Waals surface area contributed by atoms with Crippen molar-refractivity contribution in [3.63, 3.8) is 0 Å². The molecule has 0 saturated carbocycles. The van der Waals surface area contributed by atoms with Crippen molar-refractivity contribution in [3.8, 4) is 0 Å². The quantitative estimate of drug-likeness (QED) is 0.769. The van der Waals surface area contributed by atoms with Gasteiger partial charge >= 0.3 is 5.97 Å². The van der Waals surface area contributed by atoms with E-state index in [4.69, 9.17) is 4.74 Å². The SMILES string of the molecule is CCC(C)(C)C(=O)OC(C)(C)C1CCNCC1. The summed E-state index contributed by atoms with van der Waals surface area (Å²) in [6.07, 6.45) is 2.99. The summed E-state index contributed by atoms with van der Waals surface area (Å²) < 4.78 is 5.77. The monoisotopic (exact) mass is 241 g/mol. The largest absolute Gasteiger partial charge is 0.459 e. The van der Waals surface area contributed by atoms with Gasteiger partial charge in [-0.15, -0.1) is 0 Å². The van der Waals surface area contributed by atoms with Crippen LogP contribution < -0.4 is 5.32 Å². The van der Waals surface area contributed by atoms with Gasteiger partial charge in [-0.25, -0.2) is 0 Å². The summed E-state index contributed by atoms with van der Waals surface area (Å²) in [5.41, 5.74) is -0.712. The Morgan fingerprint density at radius 2 is 1.76 bits per heavy atom. The fraction of sp³-hybridized carbons (Fsp3) is 0.929. The Morgan fingerprint density at radius 1 is 1.24 bits per heavy atom. The summed E-state index contributed by atoms with van der Waals surface area (Å²) in [5.74, 6) is 0.406. The molecule has 3 nitrogen and oxygen atoms in total. The molecule has 0 aromatic carbocycles. The number of carbonyl (C=O) groups is 1. The van der Waals surface area contributed by atoms with Crippen molar-refractivity contribution in [2.24, 2.45) is 11.3 Å². The maximum atomic E-state index is 12.1. The highest BCUT2D eigenvalue weighted by Gasteiger charge is 2.38. The van der Waals surface area contributed by atoms with Gasteiger partial charge in [0.1, 0.15) is 5.60 Å². The lowest BCUT2D eigenvalue weighted by molar-refractivity contribution is -0.173. The molecule has 1 saturated heterocycles. The molecule has 0 amide bonds. The molecule has 0 aliphatic carbocycles. The van der Waals surface area contributed by atoms with Crippen molar-refractivity contribution in [1.29, 1.82) is 0 Å². The minimum atomic E-state index is -0.371. The maximum Gasteiger partial charge on any atom is 0.312 e. The summed E-state index contributed by atoms with van der Waals surface area (Å²) in [6, 6.07) is 0. The molecule has 3 heteroatoms. The summed E-state index contributed by atoms with van der Waals surface area (Å²) in [7, 11) is 0. The number of rotatable bonds is 4. The highest BCUT2D eigenvalue weighted by Crippen LogP contribution is 2.32. The Labute approximate surface area is 105 Å². The number of esters is 1. The van der Waals surface area contributed by atoms with Gasteiger partial charge in [-0.1, -0.05) is 6.92 Å². The van der Waals surface area contributed by atoms with Crippen molar-refractivity contribution in [1.82, 2.24) is 5.32 Å². The Bertz CT molecular complexity index is 265. The van der Waals surface area contributed by atoms with Gasteiger partial charge < -0.3 is 10.1 Å². The second kappa shape index (κ2) is 5.38. The minimum absolute atomic E-state index is 0.0662. The van der Waals surface area contributed by atoms with Gasteiger partial charge in [0.05, 0.1) is 5.41 Å². The third kappa shape index (κ3) is 3.70. The molecule has 0 aromatic rings. The van der Waals surface area contributed by atoms with E-state index in [0.29, 0.717) is 5.92 Å². The lowest BCUT2D eigenvalue weighted by atomic mass is 9.82. The van der Waals surface area contributed by atoms with Crippen molar-refractivity contribution >= 4 is 5.97 Å². The molecule has 1 aliphatic rings. The predicted molar refractivity (Wildman–Crippen MR) is 69.8 cm³/mol. The zero-order chi connectivity index (χ0) is 13.1. The number of nitrogens with one attached hydrogen (secondary N) is 1. The molecule has 1 heterocycles. The van der Waals surface area contributed by atoms with E-state index in [1.807, 2.05) is 34.6 Å². The van der Waals surface area contributed by atoms with Crippen molar-refractivity contribution in [3.05, 3.63) is 0 Å². The minimum Gasteiger partial charge on any atom is -0.459 e. The molecule has 0 atom stereocenters. The van der Waals surface area contributed by atoms with Crippen molar-refractivity contribution in [2.45, 2.75) is 59.5 Å². The van der Waals surface area contributed by atoms with Gasteiger partial charge in [-0.3, -0.25) is 4.79 Å². The molecule has 1 aliphatic heterocycles. The van der Waals surface area contributed by atoms with E-state index in [2.05, 4.69) is 5.32 Å². The summed E-state index contributed by atoms with van der Waals surface area (Å²) in [6.45, 7) is 12.1. The lowest BCUT2D eigenvalue weighted by Crippen LogP contribution is -2.44. The first kappa shape index (κ1) is 14.5. The second-order valence-electron chi connectivity index (χ2n) is 6.25. The van der Waals surface area contributed by atoms with Crippen LogP contribution >= 0.6 is 0 Å². The van der Waals surface area contributed by atoms with Crippen LogP contribution in [0.1, 0.15) is 53.9 Å². The van der Waals surface area contributed by atoms with E-state index in [0.717, 1.165) is 32.4 Å². The lowest BCUT2D eigenvalue weighted by Gasteiger charge is -2.38. The number of carbonyl (C=O) groups excluding carboxylic acids is 1. The van der Waals surface area contributed by atoms with Gasteiger partial charge in [0, 0.05) is 5.92 Å². The van der Waals surface area contributed by atoms with Crippen LogP contribution in [-0.2, 0) is 9.53 Å². The molecule has 1 fully saturated rings. The third-order valence-corrected chi connectivity index (χ3v) is 4.11. The van der Waals surface area contributed by atoms with Crippen molar-refractivity contribution in [2.75, 3.05) is 13.1 Å². The van der Waals surface area contributed by atoms with E-state index in [1.54, 1.807) is 0 Å². The number of ether oxygens (including phenoxy) is 1. The van der Waals surface area contributed by atoms with Gasteiger partial charge in [-0.05, 0) is 60.0 Å². The number of hydrogen-bond acceptors (Lipinski definition) is 3. The Morgan fingerprint density at radius 3 is 2.24 bits per heavy atom. The fourth-order valence-corrected chi connectivity index (χ4v) is 2.12. The first-order valence-corrected chi connectivity index (χ1v) is 6.74. The Kier molecular flexibility index (Phi) is 4.59. The molecular weight excluding hydrogens is 214 g/mol. The van der Waals surface area contributed by atoms with Gasteiger partial charge in [0.15, 0.2) is 0 Å². The van der Waals surface area contributed by atoms with Crippen LogP contribution in [0.3, 0.4) is 0 Å². The van der Waals surface area contributed by atoms with E-state index in [1.165, 1.54) is 0 Å². The van der Waals surface area contributed by atoms with E-state index >= 15 is 0 Å². The highest BCUT2D eigenvalue weighted by molar-refractivity contribution is 5.76. The topological polar surface area (TPSA) is 38.3 Å². The average Bonchev–Trinajstić information content (AvgIpc) is 2.29. The zero-order valence-corrected chi connectivity index (χ0v) is 11.9. The molecule has 1 N–H and O–H groups in total. The molecular formula is C14H27NO2. The van der Waals surface area contributed by atoms with Crippen LogP contribution in [0.2, 0.25) is 0 Å². The smallest absolute Gasteiger partial charge is 0.312 e. The molecule has 17 heavy (non-hydrogen) atoms. The first-order chi connectivity index (χ1) is 7.79. The average molecular weight is 241 g/mol. The summed E-state index contributed by atoms with van der Waals surface area (Å²) in [5, 5.41) is 3.34. The number of hydrogen-bond donors (Lipinski definition) is 1. The second-order valence-corrected chi connectivity index (χ2v) is 6.25. The summed E-state index contributed by atoms with van der Waals surface area (Å²) in [4.78, 5) is 12.1. The molecule has 0 unspecified atom stereocenters. The molecule has 1 rings (SSSR count). The van der Waals surface area contributed by atoms with Gasteiger partial charge in [-0.2, -0.15) is 0 Å².